The van der Waals surface area contributed by atoms with E-state index in [0.29, 0.717) is 12.1 Å². The van der Waals surface area contributed by atoms with Crippen LogP contribution in [0.15, 0.2) is 0 Å². The van der Waals surface area contributed by atoms with Crippen LogP contribution in [-0.4, -0.2) is 37.2 Å². The van der Waals surface area contributed by atoms with Gasteiger partial charge in [0, 0.05) is 19.2 Å². The molecule has 1 atom stereocenters. The molecule has 100 valence electrons. The Bertz CT molecular complexity index is 236. The van der Waals surface area contributed by atoms with Crippen LogP contribution in [0.3, 0.4) is 0 Å². The Kier molecular flexibility index (Phi) is 5.92. The number of ether oxygens (including phenoxy) is 1. The quantitative estimate of drug-likeness (QED) is 0.767. The average Bonchev–Trinajstić information content (AvgIpc) is 2.29. The van der Waals surface area contributed by atoms with Crippen LogP contribution >= 0.6 is 0 Å². The number of hydrogen-bond acceptors (Lipinski definition) is 3. The van der Waals surface area contributed by atoms with Gasteiger partial charge in [0.15, 0.2) is 0 Å². The first kappa shape index (κ1) is 14.5. The lowest BCUT2D eigenvalue weighted by atomic mass is 9.92. The van der Waals surface area contributed by atoms with Gasteiger partial charge in [0.2, 0.25) is 5.91 Å². The number of hydrogen-bond donors (Lipinski definition) is 2. The number of methoxy groups -OCH3 is 1. The molecule has 1 unspecified atom stereocenters. The van der Waals surface area contributed by atoms with Crippen molar-refractivity contribution in [3.63, 3.8) is 0 Å². The van der Waals surface area contributed by atoms with Gasteiger partial charge in [-0.15, -0.1) is 0 Å². The summed E-state index contributed by atoms with van der Waals surface area (Å²) in [5.41, 5.74) is 0. The van der Waals surface area contributed by atoms with Crippen molar-refractivity contribution in [2.45, 2.75) is 70.7 Å². The van der Waals surface area contributed by atoms with Crippen LogP contribution < -0.4 is 10.6 Å². The molecule has 1 fully saturated rings. The monoisotopic (exact) mass is 242 g/mol. The molecule has 0 heterocycles. The Morgan fingerprint density at radius 1 is 1.18 bits per heavy atom. The lowest BCUT2D eigenvalue weighted by molar-refractivity contribution is -0.123. The molecular formula is C13H26N2O2. The SMILES string of the molecule is COC1CCC(NC(C)C(=O)NC(C)C)CC1. The second kappa shape index (κ2) is 6.97. The highest BCUT2D eigenvalue weighted by atomic mass is 16.5. The molecular weight excluding hydrogens is 216 g/mol. The minimum atomic E-state index is -0.110. The molecule has 4 heteroatoms. The summed E-state index contributed by atoms with van der Waals surface area (Å²) >= 11 is 0. The topological polar surface area (TPSA) is 50.4 Å². The molecule has 1 amide bonds. The Morgan fingerprint density at radius 3 is 2.24 bits per heavy atom. The Balaban J connectivity index is 2.27. The molecule has 1 rings (SSSR count). The van der Waals surface area contributed by atoms with E-state index in [4.69, 9.17) is 4.74 Å². The highest BCUT2D eigenvalue weighted by Crippen LogP contribution is 2.20. The summed E-state index contributed by atoms with van der Waals surface area (Å²) in [5, 5.41) is 6.33. The summed E-state index contributed by atoms with van der Waals surface area (Å²) in [6.45, 7) is 5.89. The molecule has 17 heavy (non-hydrogen) atoms. The lowest BCUT2D eigenvalue weighted by Crippen LogP contribution is -2.49. The molecule has 0 aromatic heterocycles. The van der Waals surface area contributed by atoms with Gasteiger partial charge in [-0.3, -0.25) is 4.79 Å². The van der Waals surface area contributed by atoms with E-state index in [1.165, 1.54) is 0 Å². The van der Waals surface area contributed by atoms with Crippen LogP contribution in [0, 0.1) is 0 Å². The first-order valence-corrected chi connectivity index (χ1v) is 6.62. The second-order valence-corrected chi connectivity index (χ2v) is 5.26. The molecule has 1 aliphatic rings. The molecule has 1 aliphatic carbocycles. The standard InChI is InChI=1S/C13H26N2O2/c1-9(2)14-13(16)10(3)15-11-5-7-12(17-4)8-6-11/h9-12,15H,5-8H2,1-4H3,(H,14,16). The third-order valence-electron chi connectivity index (χ3n) is 3.32. The van der Waals surface area contributed by atoms with E-state index in [1.807, 2.05) is 20.8 Å². The van der Waals surface area contributed by atoms with Crippen molar-refractivity contribution in [3.8, 4) is 0 Å². The molecule has 0 aromatic carbocycles. The maximum absolute atomic E-state index is 11.7. The van der Waals surface area contributed by atoms with E-state index >= 15 is 0 Å². The molecule has 0 radical (unpaired) electrons. The summed E-state index contributed by atoms with van der Waals surface area (Å²) in [7, 11) is 1.77. The van der Waals surface area contributed by atoms with Gasteiger partial charge in [0.25, 0.3) is 0 Å². The van der Waals surface area contributed by atoms with Gasteiger partial charge in [-0.05, 0) is 46.5 Å². The summed E-state index contributed by atoms with van der Waals surface area (Å²) in [4.78, 5) is 11.7. The van der Waals surface area contributed by atoms with Gasteiger partial charge in [-0.2, -0.15) is 0 Å². The molecule has 0 aromatic rings. The van der Waals surface area contributed by atoms with Crippen molar-refractivity contribution in [1.82, 2.24) is 10.6 Å². The summed E-state index contributed by atoms with van der Waals surface area (Å²) in [6.07, 6.45) is 4.78. The lowest BCUT2D eigenvalue weighted by Gasteiger charge is -2.30. The molecule has 1 saturated carbocycles. The number of rotatable bonds is 5. The first-order valence-electron chi connectivity index (χ1n) is 6.62. The molecule has 4 nitrogen and oxygen atoms in total. The van der Waals surface area contributed by atoms with Crippen LogP contribution in [0.1, 0.15) is 46.5 Å². The van der Waals surface area contributed by atoms with Crippen LogP contribution in [0.2, 0.25) is 0 Å². The zero-order valence-corrected chi connectivity index (χ0v) is 11.5. The van der Waals surface area contributed by atoms with Crippen molar-refractivity contribution in [3.05, 3.63) is 0 Å². The zero-order valence-electron chi connectivity index (χ0n) is 11.5. The largest absolute Gasteiger partial charge is 0.381 e. The highest BCUT2D eigenvalue weighted by molar-refractivity contribution is 5.81. The van der Waals surface area contributed by atoms with E-state index < -0.39 is 0 Å². The van der Waals surface area contributed by atoms with Crippen LogP contribution in [0.25, 0.3) is 0 Å². The fourth-order valence-electron chi connectivity index (χ4n) is 2.30. The number of carbonyl (C=O) groups is 1. The van der Waals surface area contributed by atoms with Gasteiger partial charge in [-0.1, -0.05) is 0 Å². The minimum absolute atomic E-state index is 0.0915. The maximum Gasteiger partial charge on any atom is 0.237 e. The summed E-state index contributed by atoms with van der Waals surface area (Å²) < 4.78 is 5.34. The number of nitrogens with one attached hydrogen (secondary N) is 2. The van der Waals surface area contributed by atoms with E-state index in [1.54, 1.807) is 7.11 Å². The first-order chi connectivity index (χ1) is 8.02. The van der Waals surface area contributed by atoms with E-state index in [-0.39, 0.29) is 18.0 Å². The molecule has 0 saturated heterocycles. The average molecular weight is 242 g/mol. The third-order valence-corrected chi connectivity index (χ3v) is 3.32. The third kappa shape index (κ3) is 5.04. The normalized spacial score (nSPS) is 26.9. The Hall–Kier alpha value is -0.610. The number of amides is 1. The van der Waals surface area contributed by atoms with Gasteiger partial charge in [0.05, 0.1) is 12.1 Å². The molecule has 0 spiro atoms. The van der Waals surface area contributed by atoms with Gasteiger partial charge < -0.3 is 15.4 Å². The number of carbonyl (C=O) groups excluding carboxylic acids is 1. The Morgan fingerprint density at radius 2 is 1.76 bits per heavy atom. The van der Waals surface area contributed by atoms with Gasteiger partial charge in [-0.25, -0.2) is 0 Å². The van der Waals surface area contributed by atoms with Gasteiger partial charge >= 0.3 is 0 Å². The second-order valence-electron chi connectivity index (χ2n) is 5.26. The zero-order chi connectivity index (χ0) is 12.8. The van der Waals surface area contributed by atoms with Crippen molar-refractivity contribution in [2.75, 3.05) is 7.11 Å². The van der Waals surface area contributed by atoms with Crippen molar-refractivity contribution < 1.29 is 9.53 Å². The van der Waals surface area contributed by atoms with E-state index in [9.17, 15) is 4.79 Å². The molecule has 0 bridgehead atoms. The summed E-state index contributed by atoms with van der Waals surface area (Å²) in [5.74, 6) is 0.0915. The minimum Gasteiger partial charge on any atom is -0.381 e. The molecule has 0 aliphatic heterocycles. The van der Waals surface area contributed by atoms with Crippen molar-refractivity contribution in [2.24, 2.45) is 0 Å². The Labute approximate surface area is 104 Å². The van der Waals surface area contributed by atoms with Crippen molar-refractivity contribution in [1.29, 1.82) is 0 Å². The predicted octanol–water partition coefficient (Wildman–Crippen LogP) is 1.45. The fourth-order valence-corrected chi connectivity index (χ4v) is 2.30. The highest BCUT2D eigenvalue weighted by Gasteiger charge is 2.23. The maximum atomic E-state index is 11.7. The summed E-state index contributed by atoms with van der Waals surface area (Å²) in [6, 6.07) is 0.548. The molecule has 2 N–H and O–H groups in total. The van der Waals surface area contributed by atoms with Crippen LogP contribution in [0.5, 0.6) is 0 Å². The smallest absolute Gasteiger partial charge is 0.237 e. The van der Waals surface area contributed by atoms with Gasteiger partial charge in [0.1, 0.15) is 0 Å². The van der Waals surface area contributed by atoms with Crippen LogP contribution in [-0.2, 0) is 9.53 Å². The van der Waals surface area contributed by atoms with E-state index in [0.717, 1.165) is 25.7 Å². The predicted molar refractivity (Wildman–Crippen MR) is 68.9 cm³/mol. The van der Waals surface area contributed by atoms with Crippen LogP contribution in [0.4, 0.5) is 0 Å². The van der Waals surface area contributed by atoms with E-state index in [2.05, 4.69) is 10.6 Å². The van der Waals surface area contributed by atoms with Crippen molar-refractivity contribution >= 4 is 5.91 Å². The fraction of sp³-hybridized carbons (Fsp3) is 0.923.